The highest BCUT2D eigenvalue weighted by Crippen LogP contribution is 2.01. The molecule has 0 rings (SSSR count). The lowest BCUT2D eigenvalue weighted by Crippen LogP contribution is -1.93. The first kappa shape index (κ1) is 7.25. The highest BCUT2D eigenvalue weighted by atomic mass is 35.5. The molecular weight excluding hydrogens is 112 g/mol. The van der Waals surface area contributed by atoms with E-state index in [1.165, 1.54) is 0 Å². The van der Waals surface area contributed by atoms with Crippen LogP contribution in [0.3, 0.4) is 0 Å². The van der Waals surface area contributed by atoms with E-state index >= 15 is 0 Å². The molecule has 0 fully saturated rings. The molecule has 0 aliphatic heterocycles. The SMILES string of the molecule is [CH2]CCCC(O)Cl. The summed E-state index contributed by atoms with van der Waals surface area (Å²) in [6.07, 6.45) is 2.42. The van der Waals surface area contributed by atoms with Gasteiger partial charge in [-0.25, -0.2) is 0 Å². The number of aliphatic hydroxyl groups is 1. The molecule has 1 atom stereocenters. The molecule has 0 aliphatic rings. The number of aliphatic hydroxyl groups excluding tert-OH is 1. The topological polar surface area (TPSA) is 20.2 Å². The zero-order chi connectivity index (χ0) is 5.70. The average molecular weight is 122 g/mol. The van der Waals surface area contributed by atoms with Crippen LogP contribution in [0.4, 0.5) is 0 Å². The first-order chi connectivity index (χ1) is 3.27. The van der Waals surface area contributed by atoms with E-state index in [0.29, 0.717) is 6.42 Å². The van der Waals surface area contributed by atoms with Gasteiger partial charge in [-0.3, -0.25) is 0 Å². The minimum absolute atomic E-state index is 0.658. The summed E-state index contributed by atoms with van der Waals surface area (Å²) in [5.74, 6) is 0. The Bertz CT molecular complexity index is 37.1. The Balaban J connectivity index is 2.68. The smallest absolute Gasteiger partial charge is 0.128 e. The molecule has 43 valence electrons. The molecular formula is C5H10ClO. The highest BCUT2D eigenvalue weighted by molar-refractivity contribution is 6.19. The minimum Gasteiger partial charge on any atom is -0.378 e. The average Bonchev–Trinajstić information content (AvgIpc) is 1.61. The van der Waals surface area contributed by atoms with E-state index in [9.17, 15) is 0 Å². The molecule has 1 unspecified atom stereocenters. The quantitative estimate of drug-likeness (QED) is 0.562. The molecule has 0 heterocycles. The Morgan fingerprint density at radius 3 is 2.43 bits per heavy atom. The Labute approximate surface area is 49.3 Å². The van der Waals surface area contributed by atoms with Gasteiger partial charge >= 0.3 is 0 Å². The summed E-state index contributed by atoms with van der Waals surface area (Å²) < 4.78 is 0. The maximum atomic E-state index is 8.42. The van der Waals surface area contributed by atoms with Gasteiger partial charge in [0.05, 0.1) is 0 Å². The molecule has 2 heteroatoms. The molecule has 0 aliphatic carbocycles. The number of hydrogen-bond acceptors (Lipinski definition) is 1. The standard InChI is InChI=1S/C5H10ClO/c1-2-3-4-5(6)7/h5,7H,1-4H2. The zero-order valence-corrected chi connectivity index (χ0v) is 4.99. The summed E-state index contributed by atoms with van der Waals surface area (Å²) in [5, 5.41) is 8.42. The molecule has 0 aromatic carbocycles. The molecule has 1 nitrogen and oxygen atoms in total. The predicted octanol–water partition coefficient (Wildman–Crippen LogP) is 1.55. The van der Waals surface area contributed by atoms with Crippen LogP contribution in [0.2, 0.25) is 0 Å². The number of unbranched alkanes of at least 4 members (excludes halogenated alkanes) is 1. The second kappa shape index (κ2) is 4.41. The number of alkyl halides is 1. The van der Waals surface area contributed by atoms with Gasteiger partial charge in [-0.2, -0.15) is 0 Å². The Hall–Kier alpha value is 0.250. The molecule has 0 spiro atoms. The van der Waals surface area contributed by atoms with Crippen molar-refractivity contribution < 1.29 is 5.11 Å². The van der Waals surface area contributed by atoms with E-state index in [4.69, 9.17) is 16.7 Å². The normalized spacial score (nSPS) is 14.1. The summed E-state index contributed by atoms with van der Waals surface area (Å²) in [5.41, 5.74) is -0.665. The van der Waals surface area contributed by atoms with Crippen molar-refractivity contribution >= 4 is 11.6 Å². The van der Waals surface area contributed by atoms with Crippen LogP contribution >= 0.6 is 11.6 Å². The predicted molar refractivity (Wildman–Crippen MR) is 31.1 cm³/mol. The number of halogens is 1. The molecule has 7 heavy (non-hydrogen) atoms. The second-order valence-electron chi connectivity index (χ2n) is 1.43. The van der Waals surface area contributed by atoms with E-state index in [1.807, 2.05) is 0 Å². The molecule has 0 bridgehead atoms. The van der Waals surface area contributed by atoms with E-state index < -0.39 is 5.56 Å². The lowest BCUT2D eigenvalue weighted by atomic mass is 10.3. The third-order valence-electron chi connectivity index (χ3n) is 0.692. The van der Waals surface area contributed by atoms with Crippen LogP contribution in [0.15, 0.2) is 0 Å². The highest BCUT2D eigenvalue weighted by Gasteiger charge is 1.92. The fourth-order valence-electron chi connectivity index (χ4n) is 0.313. The van der Waals surface area contributed by atoms with Crippen molar-refractivity contribution in [1.29, 1.82) is 0 Å². The van der Waals surface area contributed by atoms with Crippen molar-refractivity contribution in [2.45, 2.75) is 24.8 Å². The van der Waals surface area contributed by atoms with Gasteiger partial charge in [-0.05, 0) is 12.8 Å². The number of rotatable bonds is 3. The molecule has 0 saturated carbocycles. The van der Waals surface area contributed by atoms with Gasteiger partial charge in [-0.1, -0.05) is 24.9 Å². The van der Waals surface area contributed by atoms with Gasteiger partial charge in [0.15, 0.2) is 0 Å². The van der Waals surface area contributed by atoms with Crippen LogP contribution in [0.1, 0.15) is 19.3 Å². The van der Waals surface area contributed by atoms with Crippen LogP contribution in [0, 0.1) is 6.92 Å². The first-order valence-electron chi connectivity index (χ1n) is 2.38. The summed E-state index contributed by atoms with van der Waals surface area (Å²) in [6, 6.07) is 0. The Kier molecular flexibility index (Phi) is 4.57. The fraction of sp³-hybridized carbons (Fsp3) is 0.800. The Morgan fingerprint density at radius 1 is 1.71 bits per heavy atom. The fourth-order valence-corrected chi connectivity index (χ4v) is 0.467. The van der Waals surface area contributed by atoms with Crippen molar-refractivity contribution in [3.05, 3.63) is 6.92 Å². The molecule has 0 aromatic heterocycles. The summed E-state index contributed by atoms with van der Waals surface area (Å²) in [4.78, 5) is 0. The van der Waals surface area contributed by atoms with Gasteiger partial charge in [0.25, 0.3) is 0 Å². The van der Waals surface area contributed by atoms with E-state index in [-0.39, 0.29) is 0 Å². The number of hydrogen-bond donors (Lipinski definition) is 1. The third-order valence-corrected chi connectivity index (χ3v) is 0.911. The van der Waals surface area contributed by atoms with Crippen LogP contribution < -0.4 is 0 Å². The van der Waals surface area contributed by atoms with Crippen molar-refractivity contribution in [1.82, 2.24) is 0 Å². The monoisotopic (exact) mass is 121 g/mol. The van der Waals surface area contributed by atoms with Crippen LogP contribution in [-0.2, 0) is 0 Å². The maximum Gasteiger partial charge on any atom is 0.128 e. The lowest BCUT2D eigenvalue weighted by Gasteiger charge is -1.95. The van der Waals surface area contributed by atoms with Gasteiger partial charge in [0, 0.05) is 0 Å². The van der Waals surface area contributed by atoms with Crippen molar-refractivity contribution in [3.8, 4) is 0 Å². The zero-order valence-electron chi connectivity index (χ0n) is 4.23. The molecule has 0 amide bonds. The molecule has 1 N–H and O–H groups in total. The van der Waals surface area contributed by atoms with Crippen LogP contribution in [0.25, 0.3) is 0 Å². The third kappa shape index (κ3) is 6.25. The molecule has 1 radical (unpaired) electrons. The van der Waals surface area contributed by atoms with Crippen molar-refractivity contribution in [2.24, 2.45) is 0 Å². The van der Waals surface area contributed by atoms with E-state index in [0.717, 1.165) is 12.8 Å². The van der Waals surface area contributed by atoms with E-state index in [2.05, 4.69) is 6.92 Å². The van der Waals surface area contributed by atoms with Crippen molar-refractivity contribution in [3.63, 3.8) is 0 Å². The molecule has 0 saturated heterocycles. The molecule has 0 aromatic rings. The largest absolute Gasteiger partial charge is 0.378 e. The van der Waals surface area contributed by atoms with Gasteiger partial charge in [-0.15, -0.1) is 0 Å². The Morgan fingerprint density at radius 2 is 2.29 bits per heavy atom. The minimum atomic E-state index is -0.665. The summed E-state index contributed by atoms with van der Waals surface area (Å²) in [6.45, 7) is 3.59. The van der Waals surface area contributed by atoms with Crippen LogP contribution in [0.5, 0.6) is 0 Å². The second-order valence-corrected chi connectivity index (χ2v) is 1.93. The lowest BCUT2D eigenvalue weighted by molar-refractivity contribution is 0.242. The van der Waals surface area contributed by atoms with Gasteiger partial charge in [0.1, 0.15) is 5.56 Å². The maximum absolute atomic E-state index is 8.42. The summed E-state index contributed by atoms with van der Waals surface area (Å²) >= 11 is 5.18. The van der Waals surface area contributed by atoms with Gasteiger partial charge in [0.2, 0.25) is 0 Å². The van der Waals surface area contributed by atoms with E-state index in [1.54, 1.807) is 0 Å². The van der Waals surface area contributed by atoms with Gasteiger partial charge < -0.3 is 5.11 Å². The first-order valence-corrected chi connectivity index (χ1v) is 2.82. The van der Waals surface area contributed by atoms with Crippen LogP contribution in [-0.4, -0.2) is 10.7 Å². The van der Waals surface area contributed by atoms with Crippen molar-refractivity contribution in [2.75, 3.05) is 0 Å². The summed E-state index contributed by atoms with van der Waals surface area (Å²) in [7, 11) is 0.